The molecule has 0 fully saturated rings. The van der Waals surface area contributed by atoms with E-state index in [4.69, 9.17) is 10.8 Å². The van der Waals surface area contributed by atoms with Crippen molar-refractivity contribution in [3.63, 3.8) is 0 Å². The minimum absolute atomic E-state index is 0.0421. The number of rotatable bonds is 3. The zero-order chi connectivity index (χ0) is 11.5. The fourth-order valence-electron chi connectivity index (χ4n) is 0.912. The maximum Gasteiger partial charge on any atom is 0.421 e. The molecule has 0 spiro atoms. The van der Waals surface area contributed by atoms with Crippen molar-refractivity contribution < 1.29 is 18.3 Å². The van der Waals surface area contributed by atoms with E-state index < -0.39 is 17.6 Å². The van der Waals surface area contributed by atoms with E-state index in [-0.39, 0.29) is 19.1 Å². The molecule has 8 heteroatoms. The van der Waals surface area contributed by atoms with E-state index in [1.165, 1.54) is 0 Å². The standard InChI is InChI=1S/C7H9F3N4O/c8-7(9,10)4-3-13-6(11)14-5(4)12-1-2-15/h3,15H,1-2H2,(H3,11,12,13,14). The maximum atomic E-state index is 12.4. The SMILES string of the molecule is Nc1ncc(C(F)(F)F)c(NCCO)n1. The summed E-state index contributed by atoms with van der Waals surface area (Å²) < 4.78 is 37.2. The maximum absolute atomic E-state index is 12.4. The first-order valence-corrected chi connectivity index (χ1v) is 3.99. The van der Waals surface area contributed by atoms with E-state index in [0.29, 0.717) is 6.20 Å². The van der Waals surface area contributed by atoms with Crippen LogP contribution in [0.1, 0.15) is 5.56 Å². The minimum Gasteiger partial charge on any atom is -0.395 e. The van der Waals surface area contributed by atoms with Gasteiger partial charge in [0.25, 0.3) is 0 Å². The molecule has 1 rings (SSSR count). The van der Waals surface area contributed by atoms with Gasteiger partial charge in [0.1, 0.15) is 11.4 Å². The Labute approximate surface area is 83.1 Å². The number of nitrogens with one attached hydrogen (secondary N) is 1. The van der Waals surface area contributed by atoms with Crippen molar-refractivity contribution >= 4 is 11.8 Å². The van der Waals surface area contributed by atoms with Crippen molar-refractivity contribution in [1.82, 2.24) is 9.97 Å². The lowest BCUT2D eigenvalue weighted by molar-refractivity contribution is -0.137. The third kappa shape index (κ3) is 2.94. The second kappa shape index (κ2) is 4.30. The molecular weight excluding hydrogens is 213 g/mol. The van der Waals surface area contributed by atoms with Crippen LogP contribution >= 0.6 is 0 Å². The molecule has 0 bridgehead atoms. The van der Waals surface area contributed by atoms with Crippen molar-refractivity contribution in [1.29, 1.82) is 0 Å². The van der Waals surface area contributed by atoms with E-state index in [1.807, 2.05) is 0 Å². The number of hydrogen-bond acceptors (Lipinski definition) is 5. The van der Waals surface area contributed by atoms with E-state index >= 15 is 0 Å². The van der Waals surface area contributed by atoms with E-state index in [2.05, 4.69) is 15.3 Å². The number of aromatic nitrogens is 2. The first kappa shape index (κ1) is 11.5. The Morgan fingerprint density at radius 2 is 2.13 bits per heavy atom. The highest BCUT2D eigenvalue weighted by atomic mass is 19.4. The molecule has 4 N–H and O–H groups in total. The Balaban J connectivity index is 3.03. The van der Waals surface area contributed by atoms with Crippen LogP contribution in [-0.2, 0) is 6.18 Å². The molecule has 1 aromatic rings. The molecule has 0 radical (unpaired) electrons. The van der Waals surface area contributed by atoms with E-state index in [9.17, 15) is 13.2 Å². The van der Waals surface area contributed by atoms with Gasteiger partial charge in [-0.05, 0) is 0 Å². The van der Waals surface area contributed by atoms with Crippen molar-refractivity contribution in [2.24, 2.45) is 0 Å². The van der Waals surface area contributed by atoms with Gasteiger partial charge in [-0.15, -0.1) is 0 Å². The molecule has 1 aromatic heterocycles. The highest BCUT2D eigenvalue weighted by Gasteiger charge is 2.35. The zero-order valence-electron chi connectivity index (χ0n) is 7.54. The first-order valence-electron chi connectivity index (χ1n) is 3.99. The molecule has 0 aliphatic carbocycles. The van der Waals surface area contributed by atoms with Crippen LogP contribution in [0, 0.1) is 0 Å². The zero-order valence-corrected chi connectivity index (χ0v) is 7.54. The van der Waals surface area contributed by atoms with Crippen LogP contribution in [0.15, 0.2) is 6.20 Å². The number of hydrogen-bond donors (Lipinski definition) is 3. The third-order valence-electron chi connectivity index (χ3n) is 1.52. The van der Waals surface area contributed by atoms with Crippen molar-refractivity contribution in [3.8, 4) is 0 Å². The van der Waals surface area contributed by atoms with Crippen LogP contribution in [0.2, 0.25) is 0 Å². The predicted molar refractivity (Wildman–Crippen MR) is 47.0 cm³/mol. The van der Waals surface area contributed by atoms with Crippen LogP contribution < -0.4 is 11.1 Å². The molecule has 84 valence electrons. The summed E-state index contributed by atoms with van der Waals surface area (Å²) in [6.45, 7) is -0.346. The van der Waals surface area contributed by atoms with E-state index in [1.54, 1.807) is 0 Å². The monoisotopic (exact) mass is 222 g/mol. The lowest BCUT2D eigenvalue weighted by atomic mass is 10.3. The van der Waals surface area contributed by atoms with Crippen LogP contribution in [0.5, 0.6) is 0 Å². The van der Waals surface area contributed by atoms with Gasteiger partial charge in [-0.1, -0.05) is 0 Å². The summed E-state index contributed by atoms with van der Waals surface area (Å²) in [5, 5.41) is 10.8. The number of nitrogen functional groups attached to an aromatic ring is 1. The Morgan fingerprint density at radius 1 is 1.47 bits per heavy atom. The molecule has 0 amide bonds. The highest BCUT2D eigenvalue weighted by molar-refractivity contribution is 5.47. The minimum atomic E-state index is -4.55. The average molecular weight is 222 g/mol. The molecule has 0 aliphatic heterocycles. The fourth-order valence-corrected chi connectivity index (χ4v) is 0.912. The summed E-state index contributed by atoms with van der Waals surface area (Å²) >= 11 is 0. The summed E-state index contributed by atoms with van der Waals surface area (Å²) in [7, 11) is 0. The van der Waals surface area contributed by atoms with Gasteiger partial charge in [0.2, 0.25) is 5.95 Å². The first-order chi connectivity index (χ1) is 6.95. The van der Waals surface area contributed by atoms with Gasteiger partial charge in [0.15, 0.2) is 0 Å². The smallest absolute Gasteiger partial charge is 0.395 e. The van der Waals surface area contributed by atoms with Gasteiger partial charge in [-0.25, -0.2) is 4.98 Å². The third-order valence-corrected chi connectivity index (χ3v) is 1.52. The van der Waals surface area contributed by atoms with Crippen molar-refractivity contribution in [2.75, 3.05) is 24.2 Å². The number of halogens is 3. The number of aliphatic hydroxyl groups is 1. The van der Waals surface area contributed by atoms with Gasteiger partial charge in [0.05, 0.1) is 6.61 Å². The summed E-state index contributed by atoms with van der Waals surface area (Å²) in [6.07, 6.45) is -3.95. The van der Waals surface area contributed by atoms with Crippen LogP contribution in [0.25, 0.3) is 0 Å². The normalized spacial score (nSPS) is 11.5. The second-order valence-corrected chi connectivity index (χ2v) is 2.64. The summed E-state index contributed by atoms with van der Waals surface area (Å²) in [5.41, 5.74) is 4.14. The van der Waals surface area contributed by atoms with Crippen molar-refractivity contribution in [2.45, 2.75) is 6.18 Å². The predicted octanol–water partition coefficient (Wildman–Crippen LogP) is 0.482. The van der Waals surface area contributed by atoms with Crippen LogP contribution in [0.4, 0.5) is 24.9 Å². The molecule has 0 atom stereocenters. The largest absolute Gasteiger partial charge is 0.421 e. The molecule has 15 heavy (non-hydrogen) atoms. The average Bonchev–Trinajstić information content (AvgIpc) is 2.12. The number of nitrogens with zero attached hydrogens (tertiary/aromatic N) is 2. The van der Waals surface area contributed by atoms with E-state index in [0.717, 1.165) is 0 Å². The number of alkyl halides is 3. The topological polar surface area (TPSA) is 84.1 Å². The summed E-state index contributed by atoms with van der Waals surface area (Å²) in [5.74, 6) is -0.688. The Kier molecular flexibility index (Phi) is 3.30. The Morgan fingerprint density at radius 3 is 2.67 bits per heavy atom. The number of nitrogens with two attached hydrogens (primary N) is 1. The number of aliphatic hydroxyl groups excluding tert-OH is 1. The molecule has 0 aliphatic rings. The molecule has 1 heterocycles. The van der Waals surface area contributed by atoms with Crippen LogP contribution in [0.3, 0.4) is 0 Å². The molecular formula is C7H9F3N4O. The molecule has 0 saturated heterocycles. The second-order valence-electron chi connectivity index (χ2n) is 2.64. The highest BCUT2D eigenvalue weighted by Crippen LogP contribution is 2.33. The Hall–Kier alpha value is -1.57. The van der Waals surface area contributed by atoms with Gasteiger partial charge in [0, 0.05) is 12.7 Å². The fraction of sp³-hybridized carbons (Fsp3) is 0.429. The summed E-state index contributed by atoms with van der Waals surface area (Å²) in [6, 6.07) is 0. The summed E-state index contributed by atoms with van der Waals surface area (Å²) in [4.78, 5) is 6.66. The van der Waals surface area contributed by atoms with Crippen LogP contribution in [-0.4, -0.2) is 28.2 Å². The lowest BCUT2D eigenvalue weighted by Crippen LogP contribution is -2.16. The molecule has 0 aromatic carbocycles. The quantitative estimate of drug-likeness (QED) is 0.692. The van der Waals surface area contributed by atoms with Gasteiger partial charge >= 0.3 is 6.18 Å². The lowest BCUT2D eigenvalue weighted by Gasteiger charge is -2.12. The van der Waals surface area contributed by atoms with Gasteiger partial charge in [-0.3, -0.25) is 0 Å². The molecule has 0 saturated carbocycles. The number of anilines is 2. The van der Waals surface area contributed by atoms with Gasteiger partial charge < -0.3 is 16.2 Å². The van der Waals surface area contributed by atoms with Crippen molar-refractivity contribution in [3.05, 3.63) is 11.8 Å². The molecule has 0 unspecified atom stereocenters. The molecule has 5 nitrogen and oxygen atoms in total. The van der Waals surface area contributed by atoms with Gasteiger partial charge in [-0.2, -0.15) is 18.2 Å². The Bertz CT molecular complexity index is 341.